The van der Waals surface area contributed by atoms with E-state index in [0.29, 0.717) is 10.2 Å². The maximum atomic E-state index is 13.1. The minimum Gasteiger partial charge on any atom is -0.480 e. The molecule has 1 N–H and O–H groups in total. The number of benzene rings is 1. The maximum Gasteiger partial charge on any atom is 0.263 e. The number of carbonyl (C=O) groups excluding carboxylic acids is 1. The SMILES string of the molecule is CNC[C@@H]1CCCN1C(=O)[C@@H](C)Oc1ccc(F)cc1Br. The van der Waals surface area contributed by atoms with Crippen LogP contribution in [0.2, 0.25) is 0 Å². The van der Waals surface area contributed by atoms with Crippen LogP contribution in [0.3, 0.4) is 0 Å². The van der Waals surface area contributed by atoms with E-state index in [1.54, 1.807) is 6.92 Å². The van der Waals surface area contributed by atoms with Crippen molar-refractivity contribution in [3.8, 4) is 5.75 Å². The van der Waals surface area contributed by atoms with Gasteiger partial charge in [-0.1, -0.05) is 0 Å². The number of ether oxygens (including phenoxy) is 1. The first-order valence-electron chi connectivity index (χ1n) is 7.09. The Morgan fingerprint density at radius 1 is 1.62 bits per heavy atom. The van der Waals surface area contributed by atoms with Crippen LogP contribution in [0.1, 0.15) is 19.8 Å². The van der Waals surface area contributed by atoms with Crippen molar-refractivity contribution < 1.29 is 13.9 Å². The summed E-state index contributed by atoms with van der Waals surface area (Å²) < 4.78 is 19.2. The summed E-state index contributed by atoms with van der Waals surface area (Å²) in [6, 6.07) is 4.40. The minimum atomic E-state index is -0.593. The van der Waals surface area contributed by atoms with E-state index in [1.807, 2.05) is 11.9 Å². The zero-order chi connectivity index (χ0) is 15.4. The molecule has 0 aromatic heterocycles. The molecule has 1 fully saturated rings. The molecule has 0 spiro atoms. The third kappa shape index (κ3) is 3.95. The third-order valence-electron chi connectivity index (χ3n) is 3.65. The average Bonchev–Trinajstić information content (AvgIpc) is 2.89. The summed E-state index contributed by atoms with van der Waals surface area (Å²) in [5, 5.41) is 3.11. The summed E-state index contributed by atoms with van der Waals surface area (Å²) in [6.07, 6.45) is 1.44. The Kier molecular flexibility index (Phi) is 5.58. The van der Waals surface area contributed by atoms with Crippen molar-refractivity contribution in [1.29, 1.82) is 0 Å². The fraction of sp³-hybridized carbons (Fsp3) is 0.533. The number of halogens is 2. The maximum absolute atomic E-state index is 13.1. The van der Waals surface area contributed by atoms with Gasteiger partial charge in [0.2, 0.25) is 0 Å². The minimum absolute atomic E-state index is 0.0241. The highest BCUT2D eigenvalue weighted by molar-refractivity contribution is 9.10. The van der Waals surface area contributed by atoms with Gasteiger partial charge in [-0.2, -0.15) is 0 Å². The van der Waals surface area contributed by atoms with E-state index in [2.05, 4.69) is 21.2 Å². The predicted molar refractivity (Wildman–Crippen MR) is 82.9 cm³/mol. The number of rotatable bonds is 5. The highest BCUT2D eigenvalue weighted by Crippen LogP contribution is 2.27. The molecule has 1 saturated heterocycles. The smallest absolute Gasteiger partial charge is 0.263 e. The van der Waals surface area contributed by atoms with Crippen LogP contribution >= 0.6 is 15.9 Å². The first-order chi connectivity index (χ1) is 10.0. The Hall–Kier alpha value is -1.14. The lowest BCUT2D eigenvalue weighted by Crippen LogP contribution is -2.46. The number of likely N-dealkylation sites (tertiary alicyclic amines) is 1. The van der Waals surface area contributed by atoms with Gasteiger partial charge >= 0.3 is 0 Å². The molecule has 1 aliphatic rings. The first-order valence-corrected chi connectivity index (χ1v) is 7.89. The number of hydrogen-bond donors (Lipinski definition) is 1. The second-order valence-corrected chi connectivity index (χ2v) is 6.07. The molecule has 0 unspecified atom stereocenters. The summed E-state index contributed by atoms with van der Waals surface area (Å²) in [6.45, 7) is 3.29. The summed E-state index contributed by atoms with van der Waals surface area (Å²) in [4.78, 5) is 14.4. The topological polar surface area (TPSA) is 41.6 Å². The van der Waals surface area contributed by atoms with Gasteiger partial charge in [-0.05, 0) is 60.9 Å². The summed E-state index contributed by atoms with van der Waals surface area (Å²) in [7, 11) is 1.89. The van der Waals surface area contributed by atoms with Crippen LogP contribution in [-0.2, 0) is 4.79 Å². The standard InChI is InChI=1S/C15H20BrFN2O2/c1-10(21-14-6-5-11(17)8-13(14)16)15(20)19-7-3-4-12(19)9-18-2/h5-6,8,10,12,18H,3-4,7,9H2,1-2H3/t10-,12+/m1/s1. The Morgan fingerprint density at radius 2 is 2.38 bits per heavy atom. The van der Waals surface area contributed by atoms with E-state index in [1.165, 1.54) is 18.2 Å². The quantitative estimate of drug-likeness (QED) is 0.879. The van der Waals surface area contributed by atoms with Crippen LogP contribution in [-0.4, -0.2) is 43.1 Å². The van der Waals surface area contributed by atoms with Crippen LogP contribution in [0.4, 0.5) is 4.39 Å². The second kappa shape index (κ2) is 7.22. The summed E-state index contributed by atoms with van der Waals surface area (Å²) in [5.74, 6) is 0.104. The van der Waals surface area contributed by atoms with Crippen molar-refractivity contribution >= 4 is 21.8 Å². The Bertz CT molecular complexity index is 512. The van der Waals surface area contributed by atoms with Crippen LogP contribution in [0.25, 0.3) is 0 Å². The predicted octanol–water partition coefficient (Wildman–Crippen LogP) is 2.57. The molecule has 1 heterocycles. The van der Waals surface area contributed by atoms with Gasteiger partial charge in [0.25, 0.3) is 5.91 Å². The van der Waals surface area contributed by atoms with Crippen LogP contribution in [0.5, 0.6) is 5.75 Å². The molecule has 0 bridgehead atoms. The molecule has 2 rings (SSSR count). The first kappa shape index (κ1) is 16.2. The molecule has 116 valence electrons. The van der Waals surface area contributed by atoms with E-state index < -0.39 is 6.10 Å². The number of nitrogens with zero attached hydrogens (tertiary/aromatic N) is 1. The molecule has 1 aromatic rings. The number of carbonyl (C=O) groups is 1. The molecule has 0 radical (unpaired) electrons. The summed E-state index contributed by atoms with van der Waals surface area (Å²) in [5.41, 5.74) is 0. The molecule has 1 aliphatic heterocycles. The van der Waals surface area contributed by atoms with Crippen molar-refractivity contribution in [1.82, 2.24) is 10.2 Å². The van der Waals surface area contributed by atoms with Gasteiger partial charge in [-0.15, -0.1) is 0 Å². The molecular formula is C15H20BrFN2O2. The Balaban J connectivity index is 2.02. The van der Waals surface area contributed by atoms with Gasteiger partial charge < -0.3 is 15.0 Å². The van der Waals surface area contributed by atoms with Crippen LogP contribution in [0, 0.1) is 5.82 Å². The molecule has 6 heteroatoms. The lowest BCUT2D eigenvalue weighted by molar-refractivity contribution is -0.138. The van der Waals surface area contributed by atoms with Gasteiger partial charge in [0, 0.05) is 19.1 Å². The second-order valence-electron chi connectivity index (χ2n) is 5.22. The normalized spacial score (nSPS) is 19.6. The zero-order valence-corrected chi connectivity index (χ0v) is 13.8. The van der Waals surface area contributed by atoms with Crippen LogP contribution in [0.15, 0.2) is 22.7 Å². The Morgan fingerprint density at radius 3 is 3.05 bits per heavy atom. The fourth-order valence-corrected chi connectivity index (χ4v) is 3.06. The van der Waals surface area contributed by atoms with Crippen LogP contribution < -0.4 is 10.1 Å². The van der Waals surface area contributed by atoms with Gasteiger partial charge in [0.1, 0.15) is 11.6 Å². The lowest BCUT2D eigenvalue weighted by Gasteiger charge is -2.27. The van der Waals surface area contributed by atoms with Crippen molar-refractivity contribution in [2.75, 3.05) is 20.1 Å². The number of nitrogens with one attached hydrogen (secondary N) is 1. The van der Waals surface area contributed by atoms with E-state index in [0.717, 1.165) is 25.9 Å². The molecule has 2 atom stereocenters. The number of likely N-dealkylation sites (N-methyl/N-ethyl adjacent to an activating group) is 1. The highest BCUT2D eigenvalue weighted by atomic mass is 79.9. The largest absolute Gasteiger partial charge is 0.480 e. The molecule has 0 aliphatic carbocycles. The van der Waals surface area contributed by atoms with Crippen molar-refractivity contribution in [2.24, 2.45) is 0 Å². The third-order valence-corrected chi connectivity index (χ3v) is 4.27. The molecule has 1 aromatic carbocycles. The van der Waals surface area contributed by atoms with Gasteiger partial charge in [-0.25, -0.2) is 4.39 Å². The van der Waals surface area contributed by atoms with Crippen molar-refractivity contribution in [2.45, 2.75) is 31.9 Å². The fourth-order valence-electron chi connectivity index (χ4n) is 2.62. The molecule has 21 heavy (non-hydrogen) atoms. The highest BCUT2D eigenvalue weighted by Gasteiger charge is 2.31. The van der Waals surface area contributed by atoms with E-state index in [-0.39, 0.29) is 17.8 Å². The van der Waals surface area contributed by atoms with Gasteiger partial charge in [0.15, 0.2) is 6.10 Å². The molecular weight excluding hydrogens is 339 g/mol. The van der Waals surface area contributed by atoms with E-state index in [4.69, 9.17) is 4.74 Å². The average molecular weight is 359 g/mol. The van der Waals surface area contributed by atoms with Gasteiger partial charge in [0.05, 0.1) is 4.47 Å². The van der Waals surface area contributed by atoms with Gasteiger partial charge in [-0.3, -0.25) is 4.79 Å². The zero-order valence-electron chi connectivity index (χ0n) is 12.2. The van der Waals surface area contributed by atoms with E-state index in [9.17, 15) is 9.18 Å². The molecule has 0 saturated carbocycles. The Labute approximate surface area is 132 Å². The lowest BCUT2D eigenvalue weighted by atomic mass is 10.2. The number of hydrogen-bond acceptors (Lipinski definition) is 3. The van der Waals surface area contributed by atoms with E-state index >= 15 is 0 Å². The summed E-state index contributed by atoms with van der Waals surface area (Å²) >= 11 is 3.25. The monoisotopic (exact) mass is 358 g/mol. The molecule has 1 amide bonds. The number of amides is 1. The van der Waals surface area contributed by atoms with Crippen molar-refractivity contribution in [3.63, 3.8) is 0 Å². The molecule has 4 nitrogen and oxygen atoms in total. The van der Waals surface area contributed by atoms with Crippen molar-refractivity contribution in [3.05, 3.63) is 28.5 Å².